The number of likely N-dealkylation sites (tertiary alicyclic amines) is 1. The molecule has 14 nitrogen and oxygen atoms in total. The highest BCUT2D eigenvalue weighted by atomic mass is 32.2. The van der Waals surface area contributed by atoms with Gasteiger partial charge in [0.25, 0.3) is 17.4 Å². The first kappa shape index (κ1) is 35.6. The number of benzene rings is 2. The number of carbonyl (C=O) groups excluding carboxylic acids is 5. The van der Waals surface area contributed by atoms with Crippen LogP contribution in [0.4, 0.5) is 10.1 Å². The first-order valence-electron chi connectivity index (χ1n) is 17.6. The number of halogens is 1. The Morgan fingerprint density at radius 2 is 1.83 bits per heavy atom. The zero-order chi connectivity index (χ0) is 36.4. The van der Waals surface area contributed by atoms with E-state index < -0.39 is 41.0 Å². The Hall–Kier alpha value is -4.83. The highest BCUT2D eigenvalue weighted by Gasteiger charge is 2.45. The summed E-state index contributed by atoms with van der Waals surface area (Å²) in [4.78, 5) is 86.1. The minimum atomic E-state index is -1.06. The van der Waals surface area contributed by atoms with Crippen molar-refractivity contribution in [1.82, 2.24) is 25.1 Å². The topological polar surface area (TPSA) is 180 Å². The van der Waals surface area contributed by atoms with Crippen LogP contribution in [-0.2, 0) is 24.9 Å². The molecule has 1 unspecified atom stereocenters. The van der Waals surface area contributed by atoms with Gasteiger partial charge in [-0.15, -0.1) is 0 Å². The molecule has 3 saturated heterocycles. The average molecular weight is 735 g/mol. The minimum absolute atomic E-state index is 0.0323. The Balaban J connectivity index is 0.885. The number of carbonyl (C=O) groups is 5. The molecule has 3 N–H and O–H groups in total. The van der Waals surface area contributed by atoms with Crippen molar-refractivity contribution in [1.29, 1.82) is 0 Å². The van der Waals surface area contributed by atoms with Gasteiger partial charge in [0.2, 0.25) is 17.7 Å². The molecule has 0 bridgehead atoms. The third-order valence-electron chi connectivity index (χ3n) is 9.98. The Kier molecular flexibility index (Phi) is 10.5. The van der Waals surface area contributed by atoms with E-state index in [2.05, 4.69) is 20.6 Å². The van der Waals surface area contributed by atoms with Gasteiger partial charge in [0.15, 0.2) is 0 Å². The molecule has 1 atom stereocenters. The highest BCUT2D eigenvalue weighted by Crippen LogP contribution is 2.33. The summed E-state index contributed by atoms with van der Waals surface area (Å²) in [6.45, 7) is 3.04. The van der Waals surface area contributed by atoms with Crippen molar-refractivity contribution >= 4 is 57.9 Å². The van der Waals surface area contributed by atoms with Crippen LogP contribution in [0, 0.1) is 11.7 Å². The summed E-state index contributed by atoms with van der Waals surface area (Å²) < 4.78 is 26.4. The Bertz CT molecular complexity index is 1980. The van der Waals surface area contributed by atoms with Gasteiger partial charge in [-0.2, -0.15) is 11.8 Å². The number of hydrogen-bond acceptors (Lipinski definition) is 11. The van der Waals surface area contributed by atoms with E-state index in [9.17, 15) is 33.2 Å². The summed E-state index contributed by atoms with van der Waals surface area (Å²) in [6, 6.07) is 6.54. The first-order valence-corrected chi connectivity index (χ1v) is 18.6. The number of nitrogens with one attached hydrogen (secondary N) is 3. The number of aromatic nitrogens is 2. The normalized spacial score (nSPS) is 20.0. The molecule has 4 aliphatic heterocycles. The number of hydrogen-bond donors (Lipinski definition) is 3. The van der Waals surface area contributed by atoms with Crippen LogP contribution in [0.3, 0.4) is 0 Å². The monoisotopic (exact) mass is 734 g/mol. The molecule has 4 aliphatic rings. The van der Waals surface area contributed by atoms with Crippen molar-refractivity contribution in [2.24, 2.45) is 5.92 Å². The quantitative estimate of drug-likeness (QED) is 0.247. The van der Waals surface area contributed by atoms with Gasteiger partial charge in [-0.3, -0.25) is 39.0 Å². The summed E-state index contributed by atoms with van der Waals surface area (Å²) in [5, 5.41) is 5.63. The second kappa shape index (κ2) is 15.4. The number of aromatic amines is 1. The fraction of sp³-hybridized carbons (Fsp3) is 0.472. The average Bonchev–Trinajstić information content (AvgIpc) is 3.39. The highest BCUT2D eigenvalue weighted by molar-refractivity contribution is 7.99. The van der Waals surface area contributed by atoms with E-state index in [4.69, 9.17) is 9.47 Å². The third-order valence-corrected chi connectivity index (χ3v) is 11.4. The van der Waals surface area contributed by atoms with E-state index in [0.717, 1.165) is 31.0 Å². The van der Waals surface area contributed by atoms with E-state index in [1.54, 1.807) is 34.9 Å². The van der Waals surface area contributed by atoms with Crippen LogP contribution in [0.5, 0.6) is 5.75 Å². The summed E-state index contributed by atoms with van der Waals surface area (Å²) in [6.07, 6.45) is 3.53. The molecule has 5 amide bonds. The summed E-state index contributed by atoms with van der Waals surface area (Å²) in [5.74, 6) is -1.65. The van der Waals surface area contributed by atoms with Crippen molar-refractivity contribution in [3.05, 3.63) is 63.5 Å². The number of imide groups is 2. The largest absolute Gasteiger partial charge is 0.493 e. The summed E-state index contributed by atoms with van der Waals surface area (Å²) in [7, 11) is 0. The van der Waals surface area contributed by atoms with Gasteiger partial charge in [-0.25, -0.2) is 9.37 Å². The van der Waals surface area contributed by atoms with Crippen molar-refractivity contribution in [3.63, 3.8) is 0 Å². The lowest BCUT2D eigenvalue weighted by Gasteiger charge is -2.32. The molecule has 1 aromatic heterocycles. The Morgan fingerprint density at radius 3 is 2.60 bits per heavy atom. The van der Waals surface area contributed by atoms with Crippen molar-refractivity contribution in [2.45, 2.75) is 62.0 Å². The second-order valence-electron chi connectivity index (χ2n) is 13.4. The number of anilines is 1. The summed E-state index contributed by atoms with van der Waals surface area (Å²) in [5.41, 5.74) is 0.431. The molecule has 0 radical (unpaired) electrons. The predicted octanol–water partition coefficient (Wildman–Crippen LogP) is 3.00. The molecule has 0 spiro atoms. The number of amides is 5. The first-order chi connectivity index (χ1) is 25.2. The van der Waals surface area contributed by atoms with Gasteiger partial charge in [0, 0.05) is 68.8 Å². The maximum Gasteiger partial charge on any atom is 0.264 e. The van der Waals surface area contributed by atoms with Crippen LogP contribution in [0.1, 0.15) is 71.5 Å². The third kappa shape index (κ3) is 7.53. The lowest BCUT2D eigenvalue weighted by Crippen LogP contribution is -2.54. The van der Waals surface area contributed by atoms with E-state index in [1.165, 1.54) is 12.1 Å². The van der Waals surface area contributed by atoms with Gasteiger partial charge >= 0.3 is 0 Å². The van der Waals surface area contributed by atoms with Gasteiger partial charge in [0.05, 0.1) is 29.0 Å². The maximum atomic E-state index is 15.0. The molecular formula is C36H39FN6O8S. The van der Waals surface area contributed by atoms with Crippen LogP contribution < -0.4 is 20.9 Å². The fourth-order valence-electron chi connectivity index (χ4n) is 7.13. The molecule has 52 heavy (non-hydrogen) atoms. The Labute approximate surface area is 302 Å². The Morgan fingerprint density at radius 1 is 1.04 bits per heavy atom. The van der Waals surface area contributed by atoms with Crippen LogP contribution >= 0.6 is 11.8 Å². The molecule has 7 rings (SSSR count). The van der Waals surface area contributed by atoms with E-state index in [-0.39, 0.29) is 59.7 Å². The lowest BCUT2D eigenvalue weighted by molar-refractivity contribution is -0.136. The molecule has 3 fully saturated rings. The van der Waals surface area contributed by atoms with Gasteiger partial charge in [-0.05, 0) is 50.2 Å². The minimum Gasteiger partial charge on any atom is -0.493 e. The molecule has 16 heteroatoms. The summed E-state index contributed by atoms with van der Waals surface area (Å²) >= 11 is 1.71. The van der Waals surface area contributed by atoms with Crippen molar-refractivity contribution < 1.29 is 37.8 Å². The lowest BCUT2D eigenvalue weighted by atomic mass is 9.97. The van der Waals surface area contributed by atoms with Crippen molar-refractivity contribution in [2.75, 3.05) is 44.8 Å². The number of H-pyrrole nitrogens is 1. The number of fused-ring (bicyclic) bond motifs is 2. The molecule has 274 valence electrons. The van der Waals surface area contributed by atoms with Crippen LogP contribution in [0.15, 0.2) is 35.1 Å². The molecule has 5 heterocycles. The smallest absolute Gasteiger partial charge is 0.264 e. The molecule has 2 aromatic carbocycles. The van der Waals surface area contributed by atoms with E-state index in [0.29, 0.717) is 60.8 Å². The van der Waals surface area contributed by atoms with Crippen LogP contribution in [0.2, 0.25) is 0 Å². The standard InChI is InChI=1S/C36H39FN6O8S/c37-24-16-21(17-26-32(24)34(47)40-28(39-26)19-52-22-9-14-50-15-10-22)51-18-20-7-12-42(13-8-20)30(45)6-11-38-25-3-1-2-23-31(25)36(49)43(35(23)48)27-4-5-29(44)41-33(27)46/h1-3,16-17,20,22,27,38H,4-15,18-19H2,(H,39,40,47)(H,41,44,46). The number of ether oxygens (including phenoxy) is 2. The van der Waals surface area contributed by atoms with Gasteiger partial charge in [0.1, 0.15) is 28.8 Å². The molecule has 0 aliphatic carbocycles. The fourth-order valence-corrected chi connectivity index (χ4v) is 8.18. The number of nitrogens with zero attached hydrogens (tertiary/aromatic N) is 3. The molecule has 0 saturated carbocycles. The number of rotatable bonds is 11. The van der Waals surface area contributed by atoms with Crippen LogP contribution in [-0.4, -0.2) is 100 Å². The zero-order valence-corrected chi connectivity index (χ0v) is 29.2. The van der Waals surface area contributed by atoms with Gasteiger partial charge < -0.3 is 24.7 Å². The second-order valence-corrected chi connectivity index (χ2v) is 14.7. The molecule has 3 aromatic rings. The zero-order valence-electron chi connectivity index (χ0n) is 28.4. The number of piperidine rings is 2. The molecular weight excluding hydrogens is 695 g/mol. The number of thioether (sulfide) groups is 1. The predicted molar refractivity (Wildman–Crippen MR) is 188 cm³/mol. The van der Waals surface area contributed by atoms with Crippen molar-refractivity contribution in [3.8, 4) is 5.75 Å². The van der Waals surface area contributed by atoms with Crippen LogP contribution in [0.25, 0.3) is 10.9 Å². The van der Waals surface area contributed by atoms with E-state index >= 15 is 0 Å². The van der Waals surface area contributed by atoms with E-state index in [1.807, 2.05) is 0 Å². The van der Waals surface area contributed by atoms with Gasteiger partial charge in [-0.1, -0.05) is 6.07 Å². The maximum absolute atomic E-state index is 15.0. The SMILES string of the molecule is O=C1CCC(N2C(=O)c3cccc(NCCC(=O)N4CCC(COc5cc(F)c6c(=O)[nH]c(CSC7CCOCC7)nc6c5)CC4)c3C2=O)C(=O)N1.